The summed E-state index contributed by atoms with van der Waals surface area (Å²) < 4.78 is 25.7. The van der Waals surface area contributed by atoms with E-state index in [0.717, 1.165) is 16.9 Å². The molecule has 1 N–H and O–H groups in total. The molecule has 1 amide bonds. The molecule has 1 aromatic heterocycles. The van der Waals surface area contributed by atoms with Gasteiger partial charge in [0.2, 0.25) is 0 Å². The second kappa shape index (κ2) is 7.95. The summed E-state index contributed by atoms with van der Waals surface area (Å²) >= 11 is 0. The molecule has 1 fully saturated rings. The summed E-state index contributed by atoms with van der Waals surface area (Å²) in [6.07, 6.45) is 0.497. The van der Waals surface area contributed by atoms with Crippen LogP contribution in [0, 0.1) is 0 Å². The van der Waals surface area contributed by atoms with Gasteiger partial charge in [0.25, 0.3) is 5.91 Å². The Hall–Kier alpha value is -3.13. The van der Waals surface area contributed by atoms with E-state index in [-0.39, 0.29) is 29.1 Å². The number of nitrogens with zero attached hydrogens (tertiary/aromatic N) is 3. The molecule has 0 radical (unpaired) electrons. The van der Waals surface area contributed by atoms with Crippen LogP contribution >= 0.6 is 0 Å². The molecular formula is C22H24N4O3S. The lowest BCUT2D eigenvalue weighted by molar-refractivity contribution is 0.102. The predicted octanol–water partition coefficient (Wildman–Crippen LogP) is 3.23. The van der Waals surface area contributed by atoms with Gasteiger partial charge in [-0.1, -0.05) is 30.3 Å². The molecular weight excluding hydrogens is 400 g/mol. The van der Waals surface area contributed by atoms with Crippen molar-refractivity contribution < 1.29 is 13.2 Å². The summed E-state index contributed by atoms with van der Waals surface area (Å²) in [5.74, 6) is -0.142. The maximum Gasteiger partial charge on any atom is 0.276 e. The molecule has 2 aromatic carbocycles. The normalized spacial score (nSPS) is 17.6. The fraction of sp³-hybridized carbons (Fsp3) is 0.273. The quantitative estimate of drug-likeness (QED) is 0.680. The molecule has 30 heavy (non-hydrogen) atoms. The van der Waals surface area contributed by atoms with Gasteiger partial charge in [-0.05, 0) is 42.3 Å². The summed E-state index contributed by atoms with van der Waals surface area (Å²) in [7, 11) is 0.827. The van der Waals surface area contributed by atoms with Crippen molar-refractivity contribution in [3.05, 3.63) is 66.4 Å². The van der Waals surface area contributed by atoms with Gasteiger partial charge in [0, 0.05) is 25.5 Å². The third kappa shape index (κ3) is 4.23. The summed E-state index contributed by atoms with van der Waals surface area (Å²) in [6.45, 7) is 0. The first kappa shape index (κ1) is 20.2. The lowest BCUT2D eigenvalue weighted by Gasteiger charge is -2.13. The molecule has 2 heterocycles. The van der Waals surface area contributed by atoms with Crippen LogP contribution < -0.4 is 10.2 Å². The van der Waals surface area contributed by atoms with Crippen LogP contribution in [0.2, 0.25) is 0 Å². The number of sulfone groups is 1. The Kier molecular flexibility index (Phi) is 5.34. The highest BCUT2D eigenvalue weighted by Crippen LogP contribution is 2.30. The average Bonchev–Trinajstić information content (AvgIpc) is 3.32. The van der Waals surface area contributed by atoms with E-state index in [9.17, 15) is 13.2 Å². The third-order valence-corrected chi connectivity index (χ3v) is 6.98. The number of aromatic nitrogens is 2. The zero-order chi connectivity index (χ0) is 21.3. The van der Waals surface area contributed by atoms with Crippen molar-refractivity contribution in [2.75, 3.05) is 35.8 Å². The number of hydrogen-bond donors (Lipinski definition) is 1. The number of nitrogens with one attached hydrogen (secondary N) is 1. The van der Waals surface area contributed by atoms with Crippen molar-refractivity contribution in [3.8, 4) is 11.3 Å². The Bertz CT molecular complexity index is 1150. The minimum atomic E-state index is -3.08. The Morgan fingerprint density at radius 1 is 1.10 bits per heavy atom. The van der Waals surface area contributed by atoms with Gasteiger partial charge in [0.1, 0.15) is 0 Å². The molecule has 1 aliphatic rings. The number of carbonyl (C=O) groups excluding carboxylic acids is 1. The van der Waals surface area contributed by atoms with Gasteiger partial charge in [-0.3, -0.25) is 9.48 Å². The van der Waals surface area contributed by atoms with Gasteiger partial charge in [0.05, 0.1) is 23.2 Å². The minimum Gasteiger partial charge on any atom is -0.378 e. The van der Waals surface area contributed by atoms with Gasteiger partial charge in [0.15, 0.2) is 15.5 Å². The molecule has 156 valence electrons. The average molecular weight is 425 g/mol. The van der Waals surface area contributed by atoms with Crippen molar-refractivity contribution in [2.24, 2.45) is 0 Å². The zero-order valence-corrected chi connectivity index (χ0v) is 17.8. The number of carbonyl (C=O) groups is 1. The first-order valence-corrected chi connectivity index (χ1v) is 11.6. The van der Waals surface area contributed by atoms with Crippen molar-refractivity contribution in [3.63, 3.8) is 0 Å². The third-order valence-electron chi connectivity index (χ3n) is 5.23. The second-order valence-corrected chi connectivity index (χ2v) is 9.91. The van der Waals surface area contributed by atoms with Gasteiger partial charge >= 0.3 is 0 Å². The van der Waals surface area contributed by atoms with Gasteiger partial charge in [-0.25, -0.2) is 8.42 Å². The molecule has 1 aliphatic heterocycles. The van der Waals surface area contributed by atoms with E-state index in [0.29, 0.717) is 12.1 Å². The molecule has 4 rings (SSSR count). The standard InChI is InChI=1S/C22H24N4O3S/c1-25(2)18-10-8-17(9-11-18)23-22(27)20-14-21(16-6-4-3-5-7-16)26(24-20)19-12-13-30(28,29)15-19/h3-11,14,19H,12-13,15H2,1-2H3,(H,23,27)/t19-/m0/s1. The largest absolute Gasteiger partial charge is 0.378 e. The Morgan fingerprint density at radius 2 is 1.80 bits per heavy atom. The van der Waals surface area contributed by atoms with Gasteiger partial charge in [-0.15, -0.1) is 0 Å². The van der Waals surface area contributed by atoms with Crippen molar-refractivity contribution in [2.45, 2.75) is 12.5 Å². The minimum absolute atomic E-state index is 0.0432. The van der Waals surface area contributed by atoms with Crippen LogP contribution in [0.25, 0.3) is 11.3 Å². The molecule has 0 spiro atoms. The second-order valence-electron chi connectivity index (χ2n) is 7.68. The molecule has 1 saturated heterocycles. The Balaban J connectivity index is 1.64. The molecule has 3 aromatic rings. The fourth-order valence-electron chi connectivity index (χ4n) is 3.61. The fourth-order valence-corrected chi connectivity index (χ4v) is 5.31. The summed E-state index contributed by atoms with van der Waals surface area (Å²) in [6, 6.07) is 18.6. The van der Waals surface area contributed by atoms with E-state index in [1.54, 1.807) is 10.7 Å². The molecule has 7 nitrogen and oxygen atoms in total. The lowest BCUT2D eigenvalue weighted by Crippen LogP contribution is -2.16. The number of hydrogen-bond acceptors (Lipinski definition) is 5. The number of benzene rings is 2. The van der Waals surface area contributed by atoms with Crippen molar-refractivity contribution >= 4 is 27.1 Å². The van der Waals surface area contributed by atoms with Crippen LogP contribution in [0.1, 0.15) is 23.0 Å². The molecule has 0 unspecified atom stereocenters. The summed E-state index contributed by atoms with van der Waals surface area (Å²) in [5.41, 5.74) is 3.60. The SMILES string of the molecule is CN(C)c1ccc(NC(=O)c2cc(-c3ccccc3)n([C@H]3CCS(=O)(=O)C3)n2)cc1. The smallest absolute Gasteiger partial charge is 0.276 e. The summed E-state index contributed by atoms with van der Waals surface area (Å²) in [5, 5.41) is 7.38. The maximum absolute atomic E-state index is 12.9. The topological polar surface area (TPSA) is 84.3 Å². The van der Waals surface area contributed by atoms with Crippen LogP contribution in [-0.4, -0.2) is 49.7 Å². The first-order chi connectivity index (χ1) is 14.3. The monoisotopic (exact) mass is 424 g/mol. The van der Waals surface area contributed by atoms with Crippen molar-refractivity contribution in [1.29, 1.82) is 0 Å². The number of anilines is 2. The highest BCUT2D eigenvalue weighted by molar-refractivity contribution is 7.91. The van der Waals surface area contributed by atoms with Crippen LogP contribution in [0.15, 0.2) is 60.7 Å². The first-order valence-electron chi connectivity index (χ1n) is 9.76. The van der Waals surface area contributed by atoms with Crippen LogP contribution in [0.4, 0.5) is 11.4 Å². The number of rotatable bonds is 5. The zero-order valence-electron chi connectivity index (χ0n) is 16.9. The van der Waals surface area contributed by atoms with Crippen LogP contribution in [-0.2, 0) is 9.84 Å². The maximum atomic E-state index is 12.9. The molecule has 8 heteroatoms. The van der Waals surface area contributed by atoms with E-state index < -0.39 is 9.84 Å². The number of amides is 1. The van der Waals surface area contributed by atoms with Crippen LogP contribution in [0.3, 0.4) is 0 Å². The van der Waals surface area contributed by atoms with E-state index in [4.69, 9.17) is 0 Å². The summed E-state index contributed by atoms with van der Waals surface area (Å²) in [4.78, 5) is 14.8. The Labute approximate surface area is 176 Å². The van der Waals surface area contributed by atoms with Gasteiger partial charge < -0.3 is 10.2 Å². The highest BCUT2D eigenvalue weighted by atomic mass is 32.2. The lowest BCUT2D eigenvalue weighted by atomic mass is 10.1. The molecule has 1 atom stereocenters. The molecule has 0 bridgehead atoms. The van der Waals surface area contributed by atoms with E-state index in [2.05, 4.69) is 10.4 Å². The van der Waals surface area contributed by atoms with Crippen molar-refractivity contribution in [1.82, 2.24) is 9.78 Å². The highest BCUT2D eigenvalue weighted by Gasteiger charge is 2.32. The predicted molar refractivity (Wildman–Crippen MR) is 119 cm³/mol. The van der Waals surface area contributed by atoms with Gasteiger partial charge in [-0.2, -0.15) is 5.10 Å². The molecule has 0 saturated carbocycles. The molecule has 0 aliphatic carbocycles. The van der Waals surface area contributed by atoms with E-state index in [1.165, 1.54) is 0 Å². The van der Waals surface area contributed by atoms with Crippen LogP contribution in [0.5, 0.6) is 0 Å². The van der Waals surface area contributed by atoms with E-state index in [1.807, 2.05) is 73.6 Å². The Morgan fingerprint density at radius 3 is 2.40 bits per heavy atom. The van der Waals surface area contributed by atoms with E-state index >= 15 is 0 Å².